The Kier molecular flexibility index (Phi) is 6.89. The van der Waals surface area contributed by atoms with Gasteiger partial charge in [0.25, 0.3) is 0 Å². The van der Waals surface area contributed by atoms with Gasteiger partial charge < -0.3 is 19.8 Å². The first kappa shape index (κ1) is 21.4. The van der Waals surface area contributed by atoms with Crippen molar-refractivity contribution in [1.29, 1.82) is 0 Å². The zero-order valence-corrected chi connectivity index (χ0v) is 19.3. The molecule has 0 fully saturated rings. The molecule has 160 valence electrons. The van der Waals surface area contributed by atoms with E-state index in [1.165, 1.54) is 5.56 Å². The van der Waals surface area contributed by atoms with Crippen LogP contribution in [-0.2, 0) is 19.6 Å². The fraction of sp³-hybridized carbons (Fsp3) is 0.240. The molecule has 5 nitrogen and oxygen atoms in total. The molecule has 0 amide bonds. The molecule has 31 heavy (non-hydrogen) atoms. The van der Waals surface area contributed by atoms with Crippen LogP contribution in [0.25, 0.3) is 11.0 Å². The number of imidazole rings is 1. The Morgan fingerprint density at radius 2 is 1.84 bits per heavy atom. The normalized spacial score (nSPS) is 11.1. The molecular formula is C25H26BrN3O2. The Morgan fingerprint density at radius 3 is 2.61 bits per heavy atom. The third-order valence-corrected chi connectivity index (χ3v) is 5.69. The van der Waals surface area contributed by atoms with Crippen molar-refractivity contribution in [2.75, 3.05) is 13.7 Å². The van der Waals surface area contributed by atoms with Gasteiger partial charge in [-0.15, -0.1) is 0 Å². The van der Waals surface area contributed by atoms with Crippen molar-refractivity contribution in [2.24, 2.45) is 0 Å². The molecule has 2 N–H and O–H groups in total. The summed E-state index contributed by atoms with van der Waals surface area (Å²) in [7, 11) is 1.67. The number of aromatic amines is 1. The van der Waals surface area contributed by atoms with E-state index in [2.05, 4.69) is 68.5 Å². The van der Waals surface area contributed by atoms with E-state index in [-0.39, 0.29) is 0 Å². The highest BCUT2D eigenvalue weighted by atomic mass is 79.9. The van der Waals surface area contributed by atoms with Crippen molar-refractivity contribution in [2.45, 2.75) is 26.5 Å². The molecule has 0 spiro atoms. The number of hydrogen-bond donors (Lipinski definition) is 2. The van der Waals surface area contributed by atoms with Gasteiger partial charge in [-0.2, -0.15) is 0 Å². The number of halogens is 1. The second-order valence-electron chi connectivity index (χ2n) is 7.51. The zero-order chi connectivity index (χ0) is 21.6. The monoisotopic (exact) mass is 479 g/mol. The third kappa shape index (κ3) is 5.46. The number of aryl methyl sites for hydroxylation is 1. The minimum Gasteiger partial charge on any atom is -0.493 e. The lowest BCUT2D eigenvalue weighted by Gasteiger charge is -2.15. The van der Waals surface area contributed by atoms with Gasteiger partial charge in [-0.05, 0) is 58.2 Å². The number of rotatable bonds is 9. The largest absolute Gasteiger partial charge is 0.493 e. The van der Waals surface area contributed by atoms with Gasteiger partial charge in [0, 0.05) is 19.5 Å². The maximum absolute atomic E-state index is 6.05. The van der Waals surface area contributed by atoms with Gasteiger partial charge in [0.1, 0.15) is 12.4 Å². The van der Waals surface area contributed by atoms with E-state index in [9.17, 15) is 0 Å². The first-order valence-corrected chi connectivity index (χ1v) is 11.1. The van der Waals surface area contributed by atoms with Gasteiger partial charge in [-0.25, -0.2) is 4.98 Å². The molecule has 1 aromatic heterocycles. The number of fused-ring (bicyclic) bond motifs is 1. The standard InChI is InChI=1S/C25H26BrN3O2/c1-17-7-9-18(10-8-17)16-31-25-20(26)13-19(14-23(25)30-2)15-27-12-11-24-28-21-5-3-4-6-22(21)29-24/h3-10,13-14,27H,11-12,15-16H2,1-2H3,(H,28,29). The molecular weight excluding hydrogens is 454 g/mol. The summed E-state index contributed by atoms with van der Waals surface area (Å²) in [5.41, 5.74) is 5.56. The molecule has 4 rings (SSSR count). The molecule has 0 aliphatic carbocycles. The van der Waals surface area contributed by atoms with Crippen LogP contribution in [0, 0.1) is 6.92 Å². The molecule has 0 radical (unpaired) electrons. The number of para-hydroxylation sites is 2. The van der Waals surface area contributed by atoms with Gasteiger partial charge in [0.2, 0.25) is 0 Å². The first-order valence-electron chi connectivity index (χ1n) is 10.3. The van der Waals surface area contributed by atoms with Crippen LogP contribution in [0.5, 0.6) is 11.5 Å². The maximum atomic E-state index is 6.05. The summed E-state index contributed by atoms with van der Waals surface area (Å²) in [5.74, 6) is 2.43. The number of ether oxygens (including phenoxy) is 2. The second kappa shape index (κ2) is 9.98. The number of aromatic nitrogens is 2. The van der Waals surface area contributed by atoms with Crippen molar-refractivity contribution in [1.82, 2.24) is 15.3 Å². The quantitative estimate of drug-likeness (QED) is 0.308. The molecule has 4 aromatic rings. The summed E-state index contributed by atoms with van der Waals surface area (Å²) in [6, 6.07) is 20.5. The molecule has 3 aromatic carbocycles. The van der Waals surface area contributed by atoms with E-state index >= 15 is 0 Å². The van der Waals surface area contributed by atoms with E-state index < -0.39 is 0 Å². The summed E-state index contributed by atoms with van der Waals surface area (Å²) in [6.07, 6.45) is 0.838. The molecule has 0 aliphatic rings. The van der Waals surface area contributed by atoms with Crippen LogP contribution in [-0.4, -0.2) is 23.6 Å². The molecule has 0 saturated heterocycles. The van der Waals surface area contributed by atoms with E-state index in [0.29, 0.717) is 12.4 Å². The Labute approximate surface area is 190 Å². The van der Waals surface area contributed by atoms with Gasteiger partial charge in [0.05, 0.1) is 22.6 Å². The van der Waals surface area contributed by atoms with Gasteiger partial charge >= 0.3 is 0 Å². The average Bonchev–Trinajstić information content (AvgIpc) is 3.19. The minimum atomic E-state index is 0.490. The highest BCUT2D eigenvalue weighted by molar-refractivity contribution is 9.10. The Hall–Kier alpha value is -2.83. The van der Waals surface area contributed by atoms with Crippen LogP contribution in [0.2, 0.25) is 0 Å². The van der Waals surface area contributed by atoms with Crippen molar-refractivity contribution < 1.29 is 9.47 Å². The number of nitrogens with one attached hydrogen (secondary N) is 2. The van der Waals surface area contributed by atoms with Crippen LogP contribution >= 0.6 is 15.9 Å². The van der Waals surface area contributed by atoms with Crippen LogP contribution < -0.4 is 14.8 Å². The topological polar surface area (TPSA) is 59.2 Å². The van der Waals surface area contributed by atoms with Crippen LogP contribution in [0.4, 0.5) is 0 Å². The van der Waals surface area contributed by atoms with Gasteiger partial charge in [-0.1, -0.05) is 42.0 Å². The lowest BCUT2D eigenvalue weighted by Crippen LogP contribution is -2.17. The van der Waals surface area contributed by atoms with Crippen molar-refractivity contribution in [3.63, 3.8) is 0 Å². The van der Waals surface area contributed by atoms with Crippen LogP contribution in [0.15, 0.2) is 65.1 Å². The third-order valence-electron chi connectivity index (χ3n) is 5.10. The summed E-state index contributed by atoms with van der Waals surface area (Å²) < 4.78 is 12.5. The number of methoxy groups -OCH3 is 1. The molecule has 6 heteroatoms. The van der Waals surface area contributed by atoms with E-state index in [1.54, 1.807) is 7.11 Å². The SMILES string of the molecule is COc1cc(CNCCc2nc3ccccc3[nH]2)cc(Br)c1OCc1ccc(C)cc1. The van der Waals surface area contributed by atoms with Crippen molar-refractivity contribution in [3.8, 4) is 11.5 Å². The maximum Gasteiger partial charge on any atom is 0.175 e. The molecule has 1 heterocycles. The van der Waals surface area contributed by atoms with Crippen LogP contribution in [0.1, 0.15) is 22.5 Å². The second-order valence-corrected chi connectivity index (χ2v) is 8.37. The Bertz CT molecular complexity index is 1120. The number of hydrogen-bond acceptors (Lipinski definition) is 4. The lowest BCUT2D eigenvalue weighted by atomic mass is 10.1. The average molecular weight is 480 g/mol. The highest BCUT2D eigenvalue weighted by Gasteiger charge is 2.12. The van der Waals surface area contributed by atoms with E-state index in [0.717, 1.165) is 57.7 Å². The predicted molar refractivity (Wildman–Crippen MR) is 128 cm³/mol. The fourth-order valence-corrected chi connectivity index (χ4v) is 4.02. The summed E-state index contributed by atoms with van der Waals surface area (Å²) in [5, 5.41) is 3.48. The van der Waals surface area contributed by atoms with Crippen LogP contribution in [0.3, 0.4) is 0 Å². The Morgan fingerprint density at radius 1 is 1.03 bits per heavy atom. The zero-order valence-electron chi connectivity index (χ0n) is 17.7. The van der Waals surface area contributed by atoms with Gasteiger partial charge in [-0.3, -0.25) is 0 Å². The summed E-state index contributed by atoms with van der Waals surface area (Å²) in [6.45, 7) is 4.12. The first-order chi connectivity index (χ1) is 15.1. The van der Waals surface area contributed by atoms with Gasteiger partial charge in [0.15, 0.2) is 11.5 Å². The number of H-pyrrole nitrogens is 1. The molecule has 0 bridgehead atoms. The van der Waals surface area contributed by atoms with Crippen molar-refractivity contribution in [3.05, 3.63) is 87.7 Å². The summed E-state index contributed by atoms with van der Waals surface area (Å²) >= 11 is 3.64. The van der Waals surface area contributed by atoms with Crippen molar-refractivity contribution >= 4 is 27.0 Å². The number of nitrogens with zero attached hydrogens (tertiary/aromatic N) is 1. The molecule has 0 saturated carbocycles. The molecule has 0 atom stereocenters. The van der Waals surface area contributed by atoms with E-state index in [4.69, 9.17) is 9.47 Å². The smallest absolute Gasteiger partial charge is 0.175 e. The lowest BCUT2D eigenvalue weighted by molar-refractivity contribution is 0.282. The highest BCUT2D eigenvalue weighted by Crippen LogP contribution is 2.37. The number of benzene rings is 3. The predicted octanol–water partition coefficient (Wildman–Crippen LogP) is 5.55. The fourth-order valence-electron chi connectivity index (χ4n) is 3.42. The molecule has 0 aliphatic heterocycles. The summed E-state index contributed by atoms with van der Waals surface area (Å²) in [4.78, 5) is 7.99. The minimum absolute atomic E-state index is 0.490. The molecule has 0 unspecified atom stereocenters. The Balaban J connectivity index is 1.34. The van der Waals surface area contributed by atoms with E-state index in [1.807, 2.05) is 30.3 Å².